The van der Waals surface area contributed by atoms with Crippen LogP contribution in [0, 0.1) is 5.92 Å². The zero-order valence-electron chi connectivity index (χ0n) is 18.4. The van der Waals surface area contributed by atoms with Crippen LogP contribution in [-0.2, 0) is 16.0 Å². The molecule has 2 aromatic rings. The summed E-state index contributed by atoms with van der Waals surface area (Å²) in [6.07, 6.45) is 2.17. The molecule has 0 atom stereocenters. The quantitative estimate of drug-likeness (QED) is 0.500. The van der Waals surface area contributed by atoms with Gasteiger partial charge in [0.2, 0.25) is 5.91 Å². The Hall–Kier alpha value is -3.35. The van der Waals surface area contributed by atoms with Gasteiger partial charge in [0.25, 0.3) is 5.91 Å². The molecule has 0 aromatic heterocycles. The number of nitrogens with zero attached hydrogens (tertiary/aromatic N) is 1. The lowest BCUT2D eigenvalue weighted by Gasteiger charge is -2.32. The topological polar surface area (TPSA) is 84.9 Å². The predicted molar refractivity (Wildman–Crippen MR) is 120 cm³/mol. The molecule has 1 fully saturated rings. The number of piperidine rings is 1. The maximum absolute atomic E-state index is 12.8. The minimum atomic E-state index is -0.763. The van der Waals surface area contributed by atoms with E-state index in [0.717, 1.165) is 24.8 Å². The van der Waals surface area contributed by atoms with Gasteiger partial charge in [-0.15, -0.1) is 0 Å². The lowest BCUT2D eigenvalue weighted by atomic mass is 9.96. The molecule has 1 aliphatic rings. The van der Waals surface area contributed by atoms with Crippen LogP contribution >= 0.6 is 0 Å². The van der Waals surface area contributed by atoms with Crippen LogP contribution < -0.4 is 10.1 Å². The number of likely N-dealkylation sites (tertiary alicyclic amines) is 1. The monoisotopic (exact) mass is 438 g/mol. The van der Waals surface area contributed by atoms with Crippen molar-refractivity contribution in [2.45, 2.75) is 32.6 Å². The van der Waals surface area contributed by atoms with Crippen molar-refractivity contribution < 1.29 is 23.9 Å². The van der Waals surface area contributed by atoms with E-state index in [9.17, 15) is 14.4 Å². The number of hydrogen-bond acceptors (Lipinski definition) is 5. The van der Waals surface area contributed by atoms with Crippen molar-refractivity contribution in [3.05, 3.63) is 65.7 Å². The molecule has 2 amide bonds. The van der Waals surface area contributed by atoms with Crippen LogP contribution in [0.5, 0.6) is 5.75 Å². The summed E-state index contributed by atoms with van der Waals surface area (Å²) in [6.45, 7) is 3.90. The molecule has 0 spiro atoms. The fourth-order valence-corrected chi connectivity index (χ4v) is 3.68. The fraction of sp³-hybridized carbons (Fsp3) is 0.400. The van der Waals surface area contributed by atoms with Crippen molar-refractivity contribution in [1.82, 2.24) is 10.2 Å². The van der Waals surface area contributed by atoms with Gasteiger partial charge >= 0.3 is 6.16 Å². The van der Waals surface area contributed by atoms with Gasteiger partial charge in [0.1, 0.15) is 5.75 Å². The molecule has 0 unspecified atom stereocenters. The summed E-state index contributed by atoms with van der Waals surface area (Å²) >= 11 is 0. The Bertz CT molecular complexity index is 890. The van der Waals surface area contributed by atoms with Gasteiger partial charge in [-0.2, -0.15) is 0 Å². The first-order valence-corrected chi connectivity index (χ1v) is 11.1. The van der Waals surface area contributed by atoms with Crippen LogP contribution in [-0.4, -0.2) is 49.1 Å². The molecule has 0 bridgehead atoms. The molecule has 0 radical (unpaired) electrons. The molecule has 2 aromatic carbocycles. The smallest absolute Gasteiger partial charge is 0.434 e. The maximum Gasteiger partial charge on any atom is 0.513 e. The van der Waals surface area contributed by atoms with E-state index in [0.29, 0.717) is 43.3 Å². The number of amides is 2. The standard InChI is InChI=1S/C25H30N2O5/c1-2-31-25(30)32-22-11-9-21(10-12-22)24(29)27-16-14-20(15-17-27)18-26-23(28)13-8-19-6-4-3-5-7-19/h3-7,9-12,20H,2,8,13-18H2,1H3,(H,26,28). The first-order chi connectivity index (χ1) is 15.5. The number of carbonyl (C=O) groups excluding carboxylic acids is 3. The van der Waals surface area contributed by atoms with E-state index >= 15 is 0 Å². The molecule has 32 heavy (non-hydrogen) atoms. The summed E-state index contributed by atoms with van der Waals surface area (Å²) in [5.41, 5.74) is 1.71. The zero-order chi connectivity index (χ0) is 22.8. The number of carbonyl (C=O) groups is 3. The highest BCUT2D eigenvalue weighted by atomic mass is 16.7. The van der Waals surface area contributed by atoms with Gasteiger partial charge in [-0.3, -0.25) is 9.59 Å². The molecule has 1 heterocycles. The lowest BCUT2D eigenvalue weighted by molar-refractivity contribution is -0.121. The van der Waals surface area contributed by atoms with Crippen LogP contribution in [0.3, 0.4) is 0 Å². The summed E-state index contributed by atoms with van der Waals surface area (Å²) in [5.74, 6) is 0.734. The van der Waals surface area contributed by atoms with Gasteiger partial charge in [-0.25, -0.2) is 4.79 Å². The van der Waals surface area contributed by atoms with E-state index in [1.54, 1.807) is 31.2 Å². The summed E-state index contributed by atoms with van der Waals surface area (Å²) in [5, 5.41) is 3.04. The Morgan fingerprint density at radius 1 is 1.00 bits per heavy atom. The molecule has 0 saturated carbocycles. The average molecular weight is 439 g/mol. The maximum atomic E-state index is 12.8. The summed E-state index contributed by atoms with van der Waals surface area (Å²) < 4.78 is 9.75. The Balaban J connectivity index is 1.37. The molecular weight excluding hydrogens is 408 g/mol. The van der Waals surface area contributed by atoms with E-state index in [1.807, 2.05) is 35.2 Å². The van der Waals surface area contributed by atoms with Gasteiger partial charge in [-0.1, -0.05) is 30.3 Å². The Kier molecular flexibility index (Phi) is 8.66. The molecule has 7 nitrogen and oxygen atoms in total. The van der Waals surface area contributed by atoms with Crippen molar-refractivity contribution >= 4 is 18.0 Å². The highest BCUT2D eigenvalue weighted by Crippen LogP contribution is 2.20. The van der Waals surface area contributed by atoms with Gasteiger partial charge in [0, 0.05) is 31.6 Å². The van der Waals surface area contributed by atoms with Crippen molar-refractivity contribution in [3.8, 4) is 5.75 Å². The second-order valence-electron chi connectivity index (χ2n) is 7.83. The number of ether oxygens (including phenoxy) is 2. The summed E-state index contributed by atoms with van der Waals surface area (Å²) in [6, 6.07) is 16.5. The van der Waals surface area contributed by atoms with E-state index in [2.05, 4.69) is 5.32 Å². The fourth-order valence-electron chi connectivity index (χ4n) is 3.68. The number of nitrogens with one attached hydrogen (secondary N) is 1. The van der Waals surface area contributed by atoms with E-state index < -0.39 is 6.16 Å². The predicted octanol–water partition coefficient (Wildman–Crippen LogP) is 3.82. The third-order valence-electron chi connectivity index (χ3n) is 5.54. The van der Waals surface area contributed by atoms with E-state index in [1.165, 1.54) is 0 Å². The minimum Gasteiger partial charge on any atom is -0.434 e. The van der Waals surface area contributed by atoms with E-state index in [4.69, 9.17) is 9.47 Å². The molecule has 3 rings (SSSR count). The molecule has 7 heteroatoms. The lowest BCUT2D eigenvalue weighted by Crippen LogP contribution is -2.41. The SMILES string of the molecule is CCOC(=O)Oc1ccc(C(=O)N2CCC(CNC(=O)CCc3ccccc3)CC2)cc1. The molecule has 1 N–H and O–H groups in total. The second kappa shape index (κ2) is 11.9. The third-order valence-corrected chi connectivity index (χ3v) is 5.54. The molecule has 1 aliphatic heterocycles. The summed E-state index contributed by atoms with van der Waals surface area (Å²) in [7, 11) is 0. The minimum absolute atomic E-state index is 0.0435. The number of benzene rings is 2. The van der Waals surface area contributed by atoms with E-state index in [-0.39, 0.29) is 18.4 Å². The normalized spacial score (nSPS) is 14.0. The van der Waals surface area contributed by atoms with Crippen LogP contribution in [0.15, 0.2) is 54.6 Å². The number of hydrogen-bond donors (Lipinski definition) is 1. The third kappa shape index (κ3) is 7.11. The second-order valence-corrected chi connectivity index (χ2v) is 7.83. The van der Waals surface area contributed by atoms with Gasteiger partial charge < -0.3 is 19.7 Å². The first-order valence-electron chi connectivity index (χ1n) is 11.1. The summed E-state index contributed by atoms with van der Waals surface area (Å²) in [4.78, 5) is 38.1. The zero-order valence-corrected chi connectivity index (χ0v) is 18.4. The van der Waals surface area contributed by atoms with Gasteiger partial charge in [-0.05, 0) is 61.9 Å². The molecule has 0 aliphatic carbocycles. The van der Waals surface area contributed by atoms with Crippen molar-refractivity contribution in [1.29, 1.82) is 0 Å². The highest BCUT2D eigenvalue weighted by Gasteiger charge is 2.24. The van der Waals surface area contributed by atoms with Gasteiger partial charge in [0.05, 0.1) is 6.61 Å². The van der Waals surface area contributed by atoms with Crippen LogP contribution in [0.2, 0.25) is 0 Å². The Labute approximate surface area is 188 Å². The number of rotatable bonds is 8. The Morgan fingerprint density at radius 3 is 2.34 bits per heavy atom. The van der Waals surface area contributed by atoms with Crippen molar-refractivity contribution in [3.63, 3.8) is 0 Å². The molecule has 170 valence electrons. The van der Waals surface area contributed by atoms with Crippen molar-refractivity contribution in [2.24, 2.45) is 5.92 Å². The first kappa shape index (κ1) is 23.3. The highest BCUT2D eigenvalue weighted by molar-refractivity contribution is 5.94. The molecular formula is C25H30N2O5. The van der Waals surface area contributed by atoms with Gasteiger partial charge in [0.15, 0.2) is 0 Å². The van der Waals surface area contributed by atoms with Crippen LogP contribution in [0.4, 0.5) is 4.79 Å². The number of aryl methyl sites for hydroxylation is 1. The van der Waals surface area contributed by atoms with Crippen LogP contribution in [0.1, 0.15) is 42.1 Å². The van der Waals surface area contributed by atoms with Crippen molar-refractivity contribution in [2.75, 3.05) is 26.2 Å². The Morgan fingerprint density at radius 2 is 1.69 bits per heavy atom. The molecule has 1 saturated heterocycles. The average Bonchev–Trinajstić information content (AvgIpc) is 2.82. The largest absolute Gasteiger partial charge is 0.513 e. The van der Waals surface area contributed by atoms with Crippen LogP contribution in [0.25, 0.3) is 0 Å².